The fourth-order valence-corrected chi connectivity index (χ4v) is 2.69. The number of rotatable bonds is 5. The number of hydrogen-bond acceptors (Lipinski definition) is 2. The third-order valence-corrected chi connectivity index (χ3v) is 3.75. The molecule has 0 aromatic heterocycles. The van der Waals surface area contributed by atoms with Crippen LogP contribution in [-0.2, 0) is 0 Å². The Morgan fingerprint density at radius 1 is 1.28 bits per heavy atom. The number of hydrogen-bond donors (Lipinski definition) is 2. The minimum absolute atomic E-state index is 0.0560. The van der Waals surface area contributed by atoms with Crippen molar-refractivity contribution in [1.82, 2.24) is 5.32 Å². The maximum atomic E-state index is 11.9. The first kappa shape index (κ1) is 12.9. The number of benzene rings is 1. The van der Waals surface area contributed by atoms with Crippen LogP contribution in [-0.4, -0.2) is 12.5 Å². The molecule has 1 aromatic carbocycles. The van der Waals surface area contributed by atoms with Gasteiger partial charge < -0.3 is 11.1 Å². The Morgan fingerprint density at radius 3 is 2.72 bits per heavy atom. The highest BCUT2D eigenvalue weighted by Gasteiger charge is 2.14. The Hall–Kier alpha value is -1.51. The monoisotopic (exact) mass is 246 g/mol. The molecule has 1 aromatic rings. The lowest BCUT2D eigenvalue weighted by Crippen LogP contribution is -2.25. The molecule has 1 aliphatic rings. The smallest absolute Gasteiger partial charge is 0.253 e. The van der Waals surface area contributed by atoms with E-state index in [4.69, 9.17) is 5.73 Å². The summed E-state index contributed by atoms with van der Waals surface area (Å²) in [5.74, 6) is 0.836. The Balaban J connectivity index is 1.70. The van der Waals surface area contributed by atoms with E-state index in [0.717, 1.165) is 18.9 Å². The zero-order chi connectivity index (χ0) is 12.8. The van der Waals surface area contributed by atoms with Crippen molar-refractivity contribution in [2.24, 2.45) is 5.92 Å². The second-order valence-corrected chi connectivity index (χ2v) is 5.14. The predicted octanol–water partition coefficient (Wildman–Crippen LogP) is 2.97. The highest BCUT2D eigenvalue weighted by Crippen LogP contribution is 2.28. The summed E-state index contributed by atoms with van der Waals surface area (Å²) in [5.41, 5.74) is 6.89. The van der Waals surface area contributed by atoms with E-state index in [-0.39, 0.29) is 5.91 Å². The summed E-state index contributed by atoms with van der Waals surface area (Å²) in [7, 11) is 0. The van der Waals surface area contributed by atoms with Crippen molar-refractivity contribution in [1.29, 1.82) is 0 Å². The number of anilines is 1. The first-order chi connectivity index (χ1) is 8.77. The summed E-state index contributed by atoms with van der Waals surface area (Å²) < 4.78 is 0. The van der Waals surface area contributed by atoms with Crippen LogP contribution in [0.15, 0.2) is 24.3 Å². The fourth-order valence-electron chi connectivity index (χ4n) is 2.69. The minimum Gasteiger partial charge on any atom is -0.398 e. The zero-order valence-corrected chi connectivity index (χ0v) is 10.8. The average Bonchev–Trinajstić information content (AvgIpc) is 2.88. The second kappa shape index (κ2) is 6.43. The van der Waals surface area contributed by atoms with Gasteiger partial charge in [-0.2, -0.15) is 0 Å². The van der Waals surface area contributed by atoms with Crippen LogP contribution < -0.4 is 11.1 Å². The molecule has 3 N–H and O–H groups in total. The summed E-state index contributed by atoms with van der Waals surface area (Å²) in [6, 6.07) is 7.20. The number of carbonyl (C=O) groups excluding carboxylic acids is 1. The number of nitrogens with one attached hydrogen (secondary N) is 1. The number of para-hydroxylation sites is 1. The maximum Gasteiger partial charge on any atom is 0.253 e. The molecule has 0 saturated heterocycles. The van der Waals surface area contributed by atoms with Crippen LogP contribution in [0.5, 0.6) is 0 Å². The molecule has 1 fully saturated rings. The van der Waals surface area contributed by atoms with E-state index in [1.807, 2.05) is 12.1 Å². The molecule has 0 radical (unpaired) electrons. The summed E-state index contributed by atoms with van der Waals surface area (Å²) in [6.07, 6.45) is 7.84. The van der Waals surface area contributed by atoms with Crippen LogP contribution in [0.25, 0.3) is 0 Å². The molecular weight excluding hydrogens is 224 g/mol. The highest BCUT2D eigenvalue weighted by molar-refractivity contribution is 5.98. The van der Waals surface area contributed by atoms with E-state index in [1.54, 1.807) is 12.1 Å². The topological polar surface area (TPSA) is 55.1 Å². The van der Waals surface area contributed by atoms with E-state index < -0.39 is 0 Å². The Bertz CT molecular complexity index is 397. The summed E-state index contributed by atoms with van der Waals surface area (Å²) in [6.45, 7) is 0.754. The van der Waals surface area contributed by atoms with Gasteiger partial charge in [0.05, 0.1) is 5.56 Å². The molecular formula is C15H22N2O. The molecule has 1 aliphatic carbocycles. The molecule has 98 valence electrons. The first-order valence-corrected chi connectivity index (χ1v) is 6.90. The molecule has 0 heterocycles. The van der Waals surface area contributed by atoms with E-state index in [9.17, 15) is 4.79 Å². The van der Waals surface area contributed by atoms with Crippen LogP contribution in [0.2, 0.25) is 0 Å². The van der Waals surface area contributed by atoms with Crippen molar-refractivity contribution in [2.45, 2.75) is 38.5 Å². The minimum atomic E-state index is -0.0560. The van der Waals surface area contributed by atoms with Gasteiger partial charge in [-0.3, -0.25) is 4.79 Å². The van der Waals surface area contributed by atoms with E-state index in [0.29, 0.717) is 11.3 Å². The maximum absolute atomic E-state index is 11.9. The van der Waals surface area contributed by atoms with Gasteiger partial charge in [-0.05, 0) is 30.9 Å². The third-order valence-electron chi connectivity index (χ3n) is 3.75. The van der Waals surface area contributed by atoms with E-state index >= 15 is 0 Å². The first-order valence-electron chi connectivity index (χ1n) is 6.90. The van der Waals surface area contributed by atoms with Crippen LogP contribution in [0.3, 0.4) is 0 Å². The van der Waals surface area contributed by atoms with Crippen LogP contribution in [0, 0.1) is 5.92 Å². The summed E-state index contributed by atoms with van der Waals surface area (Å²) in [4.78, 5) is 11.9. The lowest BCUT2D eigenvalue weighted by Gasteiger charge is -2.10. The van der Waals surface area contributed by atoms with Gasteiger partial charge in [-0.25, -0.2) is 0 Å². The van der Waals surface area contributed by atoms with Gasteiger partial charge in [0.15, 0.2) is 0 Å². The Kier molecular flexibility index (Phi) is 4.62. The second-order valence-electron chi connectivity index (χ2n) is 5.14. The average molecular weight is 246 g/mol. The molecule has 0 aliphatic heterocycles. The Morgan fingerprint density at radius 2 is 2.00 bits per heavy atom. The van der Waals surface area contributed by atoms with Gasteiger partial charge in [0.2, 0.25) is 0 Å². The molecule has 0 unspecified atom stereocenters. The molecule has 18 heavy (non-hydrogen) atoms. The number of nitrogen functional groups attached to an aromatic ring is 1. The molecule has 0 atom stereocenters. The largest absolute Gasteiger partial charge is 0.398 e. The quantitative estimate of drug-likeness (QED) is 0.620. The van der Waals surface area contributed by atoms with Gasteiger partial charge in [0.25, 0.3) is 5.91 Å². The molecule has 3 nitrogen and oxygen atoms in total. The SMILES string of the molecule is Nc1ccccc1C(=O)NCCCC1CCCC1. The lowest BCUT2D eigenvalue weighted by molar-refractivity contribution is 0.0953. The molecule has 1 amide bonds. The van der Waals surface area contributed by atoms with E-state index in [1.165, 1.54) is 32.1 Å². The highest BCUT2D eigenvalue weighted by atomic mass is 16.1. The van der Waals surface area contributed by atoms with Crippen LogP contribution in [0.4, 0.5) is 5.69 Å². The van der Waals surface area contributed by atoms with Crippen LogP contribution >= 0.6 is 0 Å². The molecule has 0 spiro atoms. The van der Waals surface area contributed by atoms with Crippen molar-refractivity contribution in [3.8, 4) is 0 Å². The number of nitrogens with two attached hydrogens (primary N) is 1. The van der Waals surface area contributed by atoms with Gasteiger partial charge in [0, 0.05) is 12.2 Å². The van der Waals surface area contributed by atoms with Crippen molar-refractivity contribution in [3.05, 3.63) is 29.8 Å². The Labute approximate surface area is 109 Å². The molecule has 3 heteroatoms. The molecule has 0 bridgehead atoms. The summed E-state index contributed by atoms with van der Waals surface area (Å²) in [5, 5.41) is 2.94. The standard InChI is InChI=1S/C15H22N2O/c16-14-10-4-3-9-13(14)15(18)17-11-5-8-12-6-1-2-7-12/h3-4,9-10,12H,1-2,5-8,11,16H2,(H,17,18). The van der Waals surface area contributed by atoms with Crippen molar-refractivity contribution >= 4 is 11.6 Å². The van der Waals surface area contributed by atoms with Crippen molar-refractivity contribution in [2.75, 3.05) is 12.3 Å². The lowest BCUT2D eigenvalue weighted by atomic mass is 10.0. The summed E-state index contributed by atoms with van der Waals surface area (Å²) >= 11 is 0. The zero-order valence-electron chi connectivity index (χ0n) is 10.8. The molecule has 2 rings (SSSR count). The number of amides is 1. The van der Waals surface area contributed by atoms with Gasteiger partial charge in [-0.15, -0.1) is 0 Å². The van der Waals surface area contributed by atoms with Crippen molar-refractivity contribution in [3.63, 3.8) is 0 Å². The molecule has 1 saturated carbocycles. The third kappa shape index (κ3) is 3.49. The fraction of sp³-hybridized carbons (Fsp3) is 0.533. The van der Waals surface area contributed by atoms with Gasteiger partial charge in [0.1, 0.15) is 0 Å². The van der Waals surface area contributed by atoms with Gasteiger partial charge in [-0.1, -0.05) is 37.8 Å². The predicted molar refractivity (Wildman–Crippen MR) is 74.4 cm³/mol. The van der Waals surface area contributed by atoms with Gasteiger partial charge >= 0.3 is 0 Å². The van der Waals surface area contributed by atoms with Crippen molar-refractivity contribution < 1.29 is 4.79 Å². The number of carbonyl (C=O) groups is 1. The van der Waals surface area contributed by atoms with Crippen LogP contribution in [0.1, 0.15) is 48.9 Å². The normalized spacial score (nSPS) is 15.8. The van der Waals surface area contributed by atoms with E-state index in [2.05, 4.69) is 5.32 Å².